The van der Waals surface area contributed by atoms with Crippen LogP contribution in [-0.4, -0.2) is 18.6 Å². The number of sulfonamides is 1. The molecule has 11 heavy (non-hydrogen) atoms. The third kappa shape index (κ3) is 2.60. The lowest BCUT2D eigenvalue weighted by Crippen LogP contribution is -2.14. The van der Waals surface area contributed by atoms with Crippen molar-refractivity contribution in [3.05, 3.63) is 16.4 Å². The first-order valence-electron chi connectivity index (χ1n) is 2.67. The van der Waals surface area contributed by atoms with Crippen LogP contribution in [0.1, 0.15) is 5.69 Å². The summed E-state index contributed by atoms with van der Waals surface area (Å²) in [5.74, 6) is -0.229. The summed E-state index contributed by atoms with van der Waals surface area (Å²) in [6, 6.07) is 0. The first kappa shape index (κ1) is 8.69. The van der Waals surface area contributed by atoms with E-state index in [0.29, 0.717) is 10.2 Å². The molecule has 3 N–H and O–H groups in total. The molecular weight excluding hydrogens is 234 g/mol. The molecule has 62 valence electrons. The van der Waals surface area contributed by atoms with Crippen LogP contribution < -0.4 is 5.14 Å². The van der Waals surface area contributed by atoms with Crippen LogP contribution in [0.4, 0.5) is 0 Å². The van der Waals surface area contributed by atoms with Crippen LogP contribution >= 0.6 is 15.9 Å². The van der Waals surface area contributed by atoms with E-state index in [1.807, 2.05) is 0 Å². The number of rotatable bonds is 2. The third-order valence-electron chi connectivity index (χ3n) is 1.01. The van der Waals surface area contributed by atoms with E-state index in [2.05, 4.69) is 26.1 Å². The molecule has 0 unspecified atom stereocenters. The second-order valence-corrected chi connectivity index (χ2v) is 4.47. The molecule has 0 saturated carbocycles. The Morgan fingerprint density at radius 3 is 2.73 bits per heavy atom. The Labute approximate surface area is 72.2 Å². The van der Waals surface area contributed by atoms with Gasteiger partial charge in [-0.3, -0.25) is 5.10 Å². The molecule has 0 aromatic carbocycles. The molecule has 0 aliphatic rings. The number of primary sulfonamides is 1. The number of hydrogen-bond donors (Lipinski definition) is 2. The van der Waals surface area contributed by atoms with Crippen LogP contribution in [0, 0.1) is 0 Å². The molecule has 0 aliphatic heterocycles. The van der Waals surface area contributed by atoms with Crippen molar-refractivity contribution in [1.82, 2.24) is 10.2 Å². The van der Waals surface area contributed by atoms with Gasteiger partial charge in [0, 0.05) is 0 Å². The Kier molecular flexibility index (Phi) is 2.31. The predicted molar refractivity (Wildman–Crippen MR) is 43.1 cm³/mol. The summed E-state index contributed by atoms with van der Waals surface area (Å²) in [7, 11) is -3.47. The highest BCUT2D eigenvalue weighted by Gasteiger charge is 2.09. The minimum Gasteiger partial charge on any atom is -0.280 e. The number of H-pyrrole nitrogens is 1. The highest BCUT2D eigenvalue weighted by atomic mass is 79.9. The molecule has 1 aromatic rings. The van der Waals surface area contributed by atoms with Gasteiger partial charge in [-0.15, -0.1) is 0 Å². The van der Waals surface area contributed by atoms with Gasteiger partial charge in [0.05, 0.1) is 16.4 Å². The van der Waals surface area contributed by atoms with Gasteiger partial charge in [-0.2, -0.15) is 5.10 Å². The summed E-state index contributed by atoms with van der Waals surface area (Å²) in [6.07, 6.45) is 1.47. The van der Waals surface area contributed by atoms with Crippen molar-refractivity contribution in [3.63, 3.8) is 0 Å². The number of halogens is 1. The minimum atomic E-state index is -3.47. The van der Waals surface area contributed by atoms with Gasteiger partial charge >= 0.3 is 0 Å². The third-order valence-corrected chi connectivity index (χ3v) is 2.39. The number of nitrogens with two attached hydrogens (primary N) is 1. The number of aromatic nitrogens is 2. The summed E-state index contributed by atoms with van der Waals surface area (Å²) >= 11 is 3.11. The Bertz CT molecular complexity index is 344. The standard InChI is InChI=1S/C4H6BrN3O2S/c5-3-1-7-8-4(3)2-11(6,9)10/h1H,2H2,(H,7,8)(H2,6,9,10). The van der Waals surface area contributed by atoms with Gasteiger partial charge in [0.15, 0.2) is 0 Å². The highest BCUT2D eigenvalue weighted by Crippen LogP contribution is 2.13. The van der Waals surface area contributed by atoms with Gasteiger partial charge in [0.2, 0.25) is 10.0 Å². The predicted octanol–water partition coefficient (Wildman–Crippen LogP) is -0.0393. The molecule has 0 spiro atoms. The number of aromatic amines is 1. The van der Waals surface area contributed by atoms with Gasteiger partial charge in [0.1, 0.15) is 5.75 Å². The van der Waals surface area contributed by atoms with Crippen LogP contribution in [-0.2, 0) is 15.8 Å². The number of nitrogens with one attached hydrogen (secondary N) is 1. The van der Waals surface area contributed by atoms with E-state index >= 15 is 0 Å². The van der Waals surface area contributed by atoms with E-state index in [4.69, 9.17) is 5.14 Å². The number of nitrogens with zero attached hydrogens (tertiary/aromatic N) is 1. The van der Waals surface area contributed by atoms with E-state index in [-0.39, 0.29) is 5.75 Å². The van der Waals surface area contributed by atoms with Crippen molar-refractivity contribution in [2.45, 2.75) is 5.75 Å². The zero-order chi connectivity index (χ0) is 8.48. The lowest BCUT2D eigenvalue weighted by atomic mass is 10.5. The van der Waals surface area contributed by atoms with Crippen molar-refractivity contribution >= 4 is 26.0 Å². The zero-order valence-corrected chi connectivity index (χ0v) is 7.81. The quantitative estimate of drug-likeness (QED) is 0.760. The van der Waals surface area contributed by atoms with E-state index in [1.165, 1.54) is 6.20 Å². The first-order valence-corrected chi connectivity index (χ1v) is 5.18. The summed E-state index contributed by atoms with van der Waals surface area (Å²) in [4.78, 5) is 0. The smallest absolute Gasteiger partial charge is 0.214 e. The van der Waals surface area contributed by atoms with E-state index < -0.39 is 10.0 Å². The molecular formula is C4H6BrN3O2S. The largest absolute Gasteiger partial charge is 0.280 e. The van der Waals surface area contributed by atoms with Crippen molar-refractivity contribution in [2.75, 3.05) is 0 Å². The fourth-order valence-corrected chi connectivity index (χ4v) is 1.74. The van der Waals surface area contributed by atoms with E-state index in [0.717, 1.165) is 0 Å². The summed E-state index contributed by atoms with van der Waals surface area (Å²) in [6.45, 7) is 0. The molecule has 0 fully saturated rings. The van der Waals surface area contributed by atoms with Crippen molar-refractivity contribution in [3.8, 4) is 0 Å². The molecule has 7 heteroatoms. The molecule has 1 heterocycles. The van der Waals surface area contributed by atoms with Crippen molar-refractivity contribution in [1.29, 1.82) is 0 Å². The SMILES string of the molecule is NS(=O)(=O)Cc1[nH]ncc1Br. The lowest BCUT2D eigenvalue weighted by Gasteiger charge is -1.93. The number of hydrogen-bond acceptors (Lipinski definition) is 3. The van der Waals surface area contributed by atoms with Crippen molar-refractivity contribution in [2.24, 2.45) is 5.14 Å². The fraction of sp³-hybridized carbons (Fsp3) is 0.250. The van der Waals surface area contributed by atoms with E-state index in [9.17, 15) is 8.42 Å². The van der Waals surface area contributed by atoms with Crippen molar-refractivity contribution < 1.29 is 8.42 Å². The Hall–Kier alpha value is -0.400. The second-order valence-electron chi connectivity index (χ2n) is 2.00. The maximum absolute atomic E-state index is 10.6. The maximum Gasteiger partial charge on any atom is 0.214 e. The molecule has 1 rings (SSSR count). The van der Waals surface area contributed by atoms with Crippen LogP contribution in [0.25, 0.3) is 0 Å². The Morgan fingerprint density at radius 1 is 1.73 bits per heavy atom. The Balaban J connectivity index is 2.89. The highest BCUT2D eigenvalue weighted by molar-refractivity contribution is 9.10. The Morgan fingerprint density at radius 2 is 2.36 bits per heavy atom. The zero-order valence-electron chi connectivity index (χ0n) is 5.41. The van der Waals surface area contributed by atoms with E-state index in [1.54, 1.807) is 0 Å². The summed E-state index contributed by atoms with van der Waals surface area (Å²) < 4.78 is 21.7. The molecule has 0 bridgehead atoms. The van der Waals surface area contributed by atoms with Gasteiger partial charge < -0.3 is 0 Å². The van der Waals surface area contributed by atoms with Gasteiger partial charge in [-0.25, -0.2) is 13.6 Å². The summed E-state index contributed by atoms with van der Waals surface area (Å²) in [5, 5.41) is 10.9. The molecule has 1 aromatic heterocycles. The lowest BCUT2D eigenvalue weighted by molar-refractivity contribution is 0.596. The summed E-state index contributed by atoms with van der Waals surface area (Å²) in [5.41, 5.74) is 0.465. The molecule has 0 amide bonds. The van der Waals surface area contributed by atoms with Crippen LogP contribution in [0.5, 0.6) is 0 Å². The van der Waals surface area contributed by atoms with Gasteiger partial charge in [-0.1, -0.05) is 0 Å². The monoisotopic (exact) mass is 239 g/mol. The van der Waals surface area contributed by atoms with Gasteiger partial charge in [-0.05, 0) is 15.9 Å². The average Bonchev–Trinajstić information content (AvgIpc) is 2.12. The fourth-order valence-electron chi connectivity index (χ4n) is 0.601. The normalized spacial score (nSPS) is 11.8. The average molecular weight is 240 g/mol. The first-order chi connectivity index (χ1) is 4.99. The van der Waals surface area contributed by atoms with Crippen LogP contribution in [0.3, 0.4) is 0 Å². The molecule has 0 aliphatic carbocycles. The maximum atomic E-state index is 10.6. The topological polar surface area (TPSA) is 88.8 Å². The molecule has 5 nitrogen and oxygen atoms in total. The van der Waals surface area contributed by atoms with Gasteiger partial charge in [0.25, 0.3) is 0 Å². The van der Waals surface area contributed by atoms with Crippen LogP contribution in [0.2, 0.25) is 0 Å². The van der Waals surface area contributed by atoms with Crippen LogP contribution in [0.15, 0.2) is 10.7 Å². The minimum absolute atomic E-state index is 0.229. The molecule has 0 saturated heterocycles. The second kappa shape index (κ2) is 2.92. The molecule has 0 atom stereocenters. The molecule has 0 radical (unpaired) electrons.